The molecule has 0 aliphatic heterocycles. The molecule has 0 atom stereocenters. The number of hydrogen-bond donors (Lipinski definition) is 2. The molecule has 2 aromatic rings. The van der Waals surface area contributed by atoms with E-state index in [4.69, 9.17) is 0 Å². The van der Waals surface area contributed by atoms with Gasteiger partial charge in [-0.3, -0.25) is 9.59 Å². The molecule has 1 aromatic heterocycles. The standard InChI is InChI=1S/C18H21N3O2S/c1-11-3-6-14(12(2)9-11)18-21-10-15(24-18)17(23)20-8-7-19-16(22)13-4-5-13/h3,6,9-10,13H,4-5,7-8H2,1-2H3,(H,19,22)(H,20,23). The number of amides is 2. The van der Waals surface area contributed by atoms with Crippen LogP contribution >= 0.6 is 11.3 Å². The van der Waals surface area contributed by atoms with Gasteiger partial charge >= 0.3 is 0 Å². The maximum Gasteiger partial charge on any atom is 0.263 e. The highest BCUT2D eigenvalue weighted by Crippen LogP contribution is 2.29. The molecule has 1 aromatic carbocycles. The predicted molar refractivity (Wildman–Crippen MR) is 95.1 cm³/mol. The van der Waals surface area contributed by atoms with Crippen LogP contribution in [-0.4, -0.2) is 29.9 Å². The fraction of sp³-hybridized carbons (Fsp3) is 0.389. The molecule has 2 amide bonds. The van der Waals surface area contributed by atoms with Crippen LogP contribution in [-0.2, 0) is 4.79 Å². The van der Waals surface area contributed by atoms with Gasteiger partial charge in [0.2, 0.25) is 5.91 Å². The molecule has 1 fully saturated rings. The van der Waals surface area contributed by atoms with Crippen molar-refractivity contribution in [3.63, 3.8) is 0 Å². The molecule has 126 valence electrons. The molecule has 0 bridgehead atoms. The number of hydrogen-bond acceptors (Lipinski definition) is 4. The molecular formula is C18H21N3O2S. The summed E-state index contributed by atoms with van der Waals surface area (Å²) in [5, 5.41) is 6.50. The molecule has 1 aliphatic rings. The second kappa shape index (κ2) is 7.13. The molecule has 5 nitrogen and oxygen atoms in total. The minimum atomic E-state index is -0.149. The lowest BCUT2D eigenvalue weighted by Gasteiger charge is -2.05. The van der Waals surface area contributed by atoms with Crippen molar-refractivity contribution in [2.24, 2.45) is 5.92 Å². The molecule has 2 N–H and O–H groups in total. The third-order valence-electron chi connectivity index (χ3n) is 4.00. The first-order valence-corrected chi connectivity index (χ1v) is 8.95. The Kier molecular flexibility index (Phi) is 4.94. The SMILES string of the molecule is Cc1ccc(-c2ncc(C(=O)NCCNC(=O)C3CC3)s2)c(C)c1. The first-order valence-electron chi connectivity index (χ1n) is 8.14. The van der Waals surface area contributed by atoms with Crippen molar-refractivity contribution >= 4 is 23.2 Å². The number of carbonyl (C=O) groups excluding carboxylic acids is 2. The highest BCUT2D eigenvalue weighted by Gasteiger charge is 2.29. The maximum atomic E-state index is 12.2. The van der Waals surface area contributed by atoms with Crippen molar-refractivity contribution in [1.29, 1.82) is 0 Å². The van der Waals surface area contributed by atoms with E-state index >= 15 is 0 Å². The van der Waals surface area contributed by atoms with Crippen molar-refractivity contribution in [1.82, 2.24) is 15.6 Å². The van der Waals surface area contributed by atoms with Crippen LogP contribution in [0.4, 0.5) is 0 Å². The molecule has 3 rings (SSSR count). The summed E-state index contributed by atoms with van der Waals surface area (Å²) in [6, 6.07) is 6.20. The number of benzene rings is 1. The molecule has 1 heterocycles. The molecule has 0 radical (unpaired) electrons. The Morgan fingerprint density at radius 1 is 1.21 bits per heavy atom. The Morgan fingerprint density at radius 2 is 1.96 bits per heavy atom. The molecule has 1 saturated carbocycles. The first-order chi connectivity index (χ1) is 11.5. The molecule has 6 heteroatoms. The Morgan fingerprint density at radius 3 is 2.67 bits per heavy atom. The number of aromatic nitrogens is 1. The van der Waals surface area contributed by atoms with E-state index in [1.54, 1.807) is 6.20 Å². The summed E-state index contributed by atoms with van der Waals surface area (Å²) < 4.78 is 0. The van der Waals surface area contributed by atoms with Crippen molar-refractivity contribution in [3.05, 3.63) is 40.4 Å². The van der Waals surface area contributed by atoms with E-state index in [9.17, 15) is 9.59 Å². The molecule has 1 aliphatic carbocycles. The third kappa shape index (κ3) is 4.00. The fourth-order valence-electron chi connectivity index (χ4n) is 2.50. The van der Waals surface area contributed by atoms with Crippen molar-refractivity contribution < 1.29 is 9.59 Å². The summed E-state index contributed by atoms with van der Waals surface area (Å²) in [6.07, 6.45) is 3.58. The molecule has 0 spiro atoms. The fourth-order valence-corrected chi connectivity index (χ4v) is 3.42. The average molecular weight is 343 g/mol. The van der Waals surface area contributed by atoms with E-state index < -0.39 is 0 Å². The van der Waals surface area contributed by atoms with Gasteiger partial charge in [0.1, 0.15) is 9.88 Å². The quantitative estimate of drug-likeness (QED) is 0.792. The summed E-state index contributed by atoms with van der Waals surface area (Å²) >= 11 is 1.38. The van der Waals surface area contributed by atoms with Gasteiger partial charge in [0, 0.05) is 24.6 Å². The van der Waals surface area contributed by atoms with E-state index in [-0.39, 0.29) is 17.7 Å². The number of rotatable bonds is 6. The lowest BCUT2D eigenvalue weighted by atomic mass is 10.1. The van der Waals surface area contributed by atoms with Crippen LogP contribution in [0.5, 0.6) is 0 Å². The van der Waals surface area contributed by atoms with Gasteiger partial charge in [0.25, 0.3) is 5.91 Å². The zero-order valence-electron chi connectivity index (χ0n) is 13.9. The highest BCUT2D eigenvalue weighted by molar-refractivity contribution is 7.16. The van der Waals surface area contributed by atoms with E-state index in [2.05, 4.69) is 28.6 Å². The minimum absolute atomic E-state index is 0.0965. The zero-order chi connectivity index (χ0) is 17.1. The van der Waals surface area contributed by atoms with Crippen molar-refractivity contribution in [3.8, 4) is 10.6 Å². The van der Waals surface area contributed by atoms with Gasteiger partial charge in [0.05, 0.1) is 6.20 Å². The number of nitrogens with one attached hydrogen (secondary N) is 2. The summed E-state index contributed by atoms with van der Waals surface area (Å²) in [7, 11) is 0. The minimum Gasteiger partial charge on any atom is -0.354 e. The second-order valence-corrected chi connectivity index (χ2v) is 7.20. The first kappa shape index (κ1) is 16.6. The number of thiazole rings is 1. The Balaban J connectivity index is 1.54. The number of aryl methyl sites for hydroxylation is 2. The Labute approximate surface area is 145 Å². The molecule has 0 unspecified atom stereocenters. The maximum absolute atomic E-state index is 12.2. The molecular weight excluding hydrogens is 322 g/mol. The summed E-state index contributed by atoms with van der Waals surface area (Å²) in [4.78, 5) is 28.6. The van der Waals surface area contributed by atoms with Crippen molar-refractivity contribution in [2.75, 3.05) is 13.1 Å². The van der Waals surface area contributed by atoms with E-state index in [1.165, 1.54) is 16.9 Å². The average Bonchev–Trinajstić information content (AvgIpc) is 3.29. The summed E-state index contributed by atoms with van der Waals surface area (Å²) in [6.45, 7) is 4.99. The van der Waals surface area contributed by atoms with Crippen molar-refractivity contribution in [2.45, 2.75) is 26.7 Å². The van der Waals surface area contributed by atoms with E-state index in [0.717, 1.165) is 29.0 Å². The summed E-state index contributed by atoms with van der Waals surface area (Å²) in [5.74, 6) is 0.144. The van der Waals surface area contributed by atoms with Crippen LogP contribution in [0.3, 0.4) is 0 Å². The van der Waals surface area contributed by atoms with Gasteiger partial charge in [-0.05, 0) is 32.3 Å². The van der Waals surface area contributed by atoms with Crippen LogP contribution in [0.1, 0.15) is 33.6 Å². The lowest BCUT2D eigenvalue weighted by Crippen LogP contribution is -2.35. The smallest absolute Gasteiger partial charge is 0.263 e. The second-order valence-electron chi connectivity index (χ2n) is 6.17. The van der Waals surface area contributed by atoms with Gasteiger partial charge in [-0.25, -0.2) is 4.98 Å². The molecule has 0 saturated heterocycles. The lowest BCUT2D eigenvalue weighted by molar-refractivity contribution is -0.122. The Hall–Kier alpha value is -2.21. The molecule has 24 heavy (non-hydrogen) atoms. The summed E-state index contributed by atoms with van der Waals surface area (Å²) in [5.41, 5.74) is 3.42. The topological polar surface area (TPSA) is 71.1 Å². The monoisotopic (exact) mass is 343 g/mol. The van der Waals surface area contributed by atoms with Gasteiger partial charge in [-0.15, -0.1) is 11.3 Å². The zero-order valence-corrected chi connectivity index (χ0v) is 14.7. The Bertz CT molecular complexity index is 765. The van der Waals surface area contributed by atoms with Crippen LogP contribution < -0.4 is 10.6 Å². The van der Waals surface area contributed by atoms with Gasteiger partial charge < -0.3 is 10.6 Å². The normalized spacial score (nSPS) is 13.6. The van der Waals surface area contributed by atoms with Gasteiger partial charge in [-0.2, -0.15) is 0 Å². The van der Waals surface area contributed by atoms with Gasteiger partial charge in [-0.1, -0.05) is 23.8 Å². The predicted octanol–water partition coefficient (Wildman–Crippen LogP) is 2.68. The van der Waals surface area contributed by atoms with E-state index in [0.29, 0.717) is 18.0 Å². The van der Waals surface area contributed by atoms with E-state index in [1.807, 2.05) is 19.1 Å². The number of nitrogens with zero attached hydrogens (tertiary/aromatic N) is 1. The number of carbonyl (C=O) groups is 2. The van der Waals surface area contributed by atoms with Crippen LogP contribution in [0.15, 0.2) is 24.4 Å². The van der Waals surface area contributed by atoms with Crippen LogP contribution in [0.2, 0.25) is 0 Å². The largest absolute Gasteiger partial charge is 0.354 e. The van der Waals surface area contributed by atoms with Crippen LogP contribution in [0.25, 0.3) is 10.6 Å². The third-order valence-corrected chi connectivity index (χ3v) is 5.03. The highest BCUT2D eigenvalue weighted by atomic mass is 32.1. The van der Waals surface area contributed by atoms with Gasteiger partial charge in [0.15, 0.2) is 0 Å². The van der Waals surface area contributed by atoms with Crippen LogP contribution in [0, 0.1) is 19.8 Å².